The van der Waals surface area contributed by atoms with Crippen LogP contribution in [0.3, 0.4) is 0 Å². The number of aliphatic hydroxyl groups excluding tert-OH is 1. The summed E-state index contributed by atoms with van der Waals surface area (Å²) in [5.74, 6) is 0.847. The second-order valence-electron chi connectivity index (χ2n) is 7.21. The third-order valence-electron chi connectivity index (χ3n) is 5.12. The number of aliphatic hydroxyl groups is 1. The third-order valence-corrected chi connectivity index (χ3v) is 5.12. The number of rotatable bonds is 8. The number of carbonyl (C=O) groups is 1. The Labute approximate surface area is 175 Å². The molecule has 0 radical (unpaired) electrons. The van der Waals surface area contributed by atoms with Gasteiger partial charge in [0.05, 0.1) is 24.5 Å². The molecule has 0 aliphatic heterocycles. The average Bonchev–Trinajstić information content (AvgIpc) is 3.14. The molecule has 0 aliphatic rings. The van der Waals surface area contributed by atoms with Crippen molar-refractivity contribution in [2.75, 3.05) is 0 Å². The number of nitrogens with zero attached hydrogens (tertiary/aromatic N) is 4. The Morgan fingerprint density at radius 3 is 2.57 bits per heavy atom. The third kappa shape index (κ3) is 4.00. The number of Topliss-reactive ketones (excluding diaryl/α,β-unsaturated/α-hetero) is 1. The van der Waals surface area contributed by atoms with Crippen molar-refractivity contribution in [1.82, 2.24) is 19.5 Å². The van der Waals surface area contributed by atoms with Crippen LogP contribution in [-0.2, 0) is 19.6 Å². The second kappa shape index (κ2) is 8.97. The van der Waals surface area contributed by atoms with E-state index in [0.717, 1.165) is 36.3 Å². The van der Waals surface area contributed by atoms with Gasteiger partial charge in [-0.2, -0.15) is 0 Å². The number of fused-ring (bicyclic) bond motifs is 1. The zero-order chi connectivity index (χ0) is 20.9. The molecular formula is C24H24N4O2. The van der Waals surface area contributed by atoms with E-state index in [1.807, 2.05) is 59.2 Å². The van der Waals surface area contributed by atoms with Crippen LogP contribution in [0.25, 0.3) is 22.4 Å². The molecule has 6 heteroatoms. The Morgan fingerprint density at radius 2 is 1.87 bits per heavy atom. The lowest BCUT2D eigenvalue weighted by atomic mass is 10.1. The lowest BCUT2D eigenvalue weighted by molar-refractivity contribution is 0.0972. The number of imidazole rings is 1. The van der Waals surface area contributed by atoms with Gasteiger partial charge in [-0.05, 0) is 24.6 Å². The molecule has 6 nitrogen and oxygen atoms in total. The monoisotopic (exact) mass is 400 g/mol. The van der Waals surface area contributed by atoms with E-state index in [2.05, 4.69) is 11.9 Å². The highest BCUT2D eigenvalue weighted by Crippen LogP contribution is 2.26. The molecule has 0 saturated heterocycles. The molecule has 4 rings (SSSR count). The van der Waals surface area contributed by atoms with Gasteiger partial charge in [-0.15, -0.1) is 0 Å². The molecule has 3 heterocycles. The SMILES string of the molecule is CCCCc1nc2cc(-c3ccccn3)c(CO)nc2n1CC(=O)c1ccccc1. The van der Waals surface area contributed by atoms with E-state index >= 15 is 0 Å². The number of unbranched alkanes of at least 4 members (excludes halogenated alkanes) is 1. The minimum atomic E-state index is -0.218. The highest BCUT2D eigenvalue weighted by atomic mass is 16.3. The summed E-state index contributed by atoms with van der Waals surface area (Å²) in [5.41, 5.74) is 4.01. The summed E-state index contributed by atoms with van der Waals surface area (Å²) in [6.07, 6.45) is 4.49. The summed E-state index contributed by atoms with van der Waals surface area (Å²) in [6.45, 7) is 2.08. The summed E-state index contributed by atoms with van der Waals surface area (Å²) < 4.78 is 1.89. The van der Waals surface area contributed by atoms with Crippen molar-refractivity contribution in [3.05, 3.63) is 77.9 Å². The van der Waals surface area contributed by atoms with Crippen molar-refractivity contribution < 1.29 is 9.90 Å². The Hall–Kier alpha value is -3.38. The fourth-order valence-corrected chi connectivity index (χ4v) is 3.55. The molecule has 1 N–H and O–H groups in total. The molecule has 0 aliphatic carbocycles. The van der Waals surface area contributed by atoms with Crippen LogP contribution in [0, 0.1) is 0 Å². The topological polar surface area (TPSA) is 80.9 Å². The molecular weight excluding hydrogens is 376 g/mol. The first kappa shape index (κ1) is 19.9. The zero-order valence-corrected chi connectivity index (χ0v) is 17.0. The number of aromatic nitrogens is 4. The maximum Gasteiger partial charge on any atom is 0.182 e. The highest BCUT2D eigenvalue weighted by Gasteiger charge is 2.19. The number of hydrogen-bond acceptors (Lipinski definition) is 5. The summed E-state index contributed by atoms with van der Waals surface area (Å²) in [6, 6.07) is 16.8. The average molecular weight is 400 g/mol. The normalized spacial score (nSPS) is 11.1. The van der Waals surface area contributed by atoms with Gasteiger partial charge in [-0.1, -0.05) is 49.7 Å². The predicted octanol–water partition coefficient (Wildman–Crippen LogP) is 4.21. The van der Waals surface area contributed by atoms with E-state index in [0.29, 0.717) is 22.4 Å². The van der Waals surface area contributed by atoms with Crippen molar-refractivity contribution in [2.45, 2.75) is 39.3 Å². The minimum Gasteiger partial charge on any atom is -0.390 e. The fourth-order valence-electron chi connectivity index (χ4n) is 3.55. The van der Waals surface area contributed by atoms with Crippen LogP contribution in [0.5, 0.6) is 0 Å². The van der Waals surface area contributed by atoms with Crippen LogP contribution < -0.4 is 0 Å². The van der Waals surface area contributed by atoms with Crippen LogP contribution in [0.4, 0.5) is 0 Å². The van der Waals surface area contributed by atoms with Gasteiger partial charge in [0.15, 0.2) is 11.4 Å². The molecule has 4 aromatic rings. The number of benzene rings is 1. The van der Waals surface area contributed by atoms with E-state index in [1.54, 1.807) is 6.20 Å². The van der Waals surface area contributed by atoms with Gasteiger partial charge in [-0.3, -0.25) is 9.78 Å². The first-order valence-electron chi connectivity index (χ1n) is 10.2. The van der Waals surface area contributed by atoms with Crippen LogP contribution in [0.15, 0.2) is 60.8 Å². The standard InChI is InChI=1S/C24H24N4O2/c1-2-3-12-23-26-20-14-18(19-11-7-8-13-25-19)21(16-29)27-24(20)28(23)15-22(30)17-9-5-4-6-10-17/h4-11,13-14,29H,2-3,12,15-16H2,1H3. The lowest BCUT2D eigenvalue weighted by Gasteiger charge is -2.10. The van der Waals surface area contributed by atoms with Gasteiger partial charge >= 0.3 is 0 Å². The maximum absolute atomic E-state index is 12.9. The zero-order valence-electron chi connectivity index (χ0n) is 17.0. The Morgan fingerprint density at radius 1 is 1.07 bits per heavy atom. The second-order valence-corrected chi connectivity index (χ2v) is 7.21. The molecule has 1 aromatic carbocycles. The Kier molecular flexibility index (Phi) is 5.95. The molecule has 0 saturated carbocycles. The molecule has 0 unspecified atom stereocenters. The number of ketones is 1. The molecule has 0 bridgehead atoms. The lowest BCUT2D eigenvalue weighted by Crippen LogP contribution is -2.14. The van der Waals surface area contributed by atoms with Crippen molar-refractivity contribution in [3.8, 4) is 11.3 Å². The summed E-state index contributed by atoms with van der Waals surface area (Å²) in [5, 5.41) is 9.95. The van der Waals surface area contributed by atoms with Crippen molar-refractivity contribution in [1.29, 1.82) is 0 Å². The van der Waals surface area contributed by atoms with E-state index in [4.69, 9.17) is 9.97 Å². The van der Waals surface area contributed by atoms with Crippen molar-refractivity contribution in [3.63, 3.8) is 0 Å². The van der Waals surface area contributed by atoms with Crippen LogP contribution in [-0.4, -0.2) is 30.4 Å². The molecule has 3 aromatic heterocycles. The molecule has 0 spiro atoms. The number of carbonyl (C=O) groups excluding carboxylic acids is 1. The van der Waals surface area contributed by atoms with E-state index in [1.165, 1.54) is 0 Å². The van der Waals surface area contributed by atoms with Gasteiger partial charge in [0.25, 0.3) is 0 Å². The quantitative estimate of drug-likeness (QED) is 0.448. The smallest absolute Gasteiger partial charge is 0.182 e. The van der Waals surface area contributed by atoms with Gasteiger partial charge in [0, 0.05) is 23.7 Å². The molecule has 0 fully saturated rings. The number of hydrogen-bond donors (Lipinski definition) is 1. The first-order valence-corrected chi connectivity index (χ1v) is 10.2. The summed E-state index contributed by atoms with van der Waals surface area (Å²) in [4.78, 5) is 26.8. The van der Waals surface area contributed by atoms with Gasteiger partial charge in [0.1, 0.15) is 11.3 Å². The van der Waals surface area contributed by atoms with E-state index < -0.39 is 0 Å². The van der Waals surface area contributed by atoms with E-state index in [-0.39, 0.29) is 18.9 Å². The molecule has 0 atom stereocenters. The van der Waals surface area contributed by atoms with Crippen LogP contribution >= 0.6 is 0 Å². The molecule has 30 heavy (non-hydrogen) atoms. The van der Waals surface area contributed by atoms with Crippen LogP contribution in [0.2, 0.25) is 0 Å². The largest absolute Gasteiger partial charge is 0.390 e. The van der Waals surface area contributed by atoms with Gasteiger partial charge in [-0.25, -0.2) is 9.97 Å². The van der Waals surface area contributed by atoms with Gasteiger partial charge in [0.2, 0.25) is 0 Å². The Balaban J connectivity index is 1.82. The highest BCUT2D eigenvalue weighted by molar-refractivity contribution is 5.96. The summed E-state index contributed by atoms with van der Waals surface area (Å²) in [7, 11) is 0. The molecule has 152 valence electrons. The van der Waals surface area contributed by atoms with Crippen molar-refractivity contribution >= 4 is 16.9 Å². The number of pyridine rings is 2. The first-order chi connectivity index (χ1) is 14.7. The summed E-state index contributed by atoms with van der Waals surface area (Å²) >= 11 is 0. The fraction of sp³-hybridized carbons (Fsp3) is 0.250. The maximum atomic E-state index is 12.9. The minimum absolute atomic E-state index is 0.00815. The van der Waals surface area contributed by atoms with Crippen molar-refractivity contribution in [2.24, 2.45) is 0 Å². The van der Waals surface area contributed by atoms with E-state index in [9.17, 15) is 9.90 Å². The number of aryl methyl sites for hydroxylation is 1. The Bertz CT molecular complexity index is 1150. The van der Waals surface area contributed by atoms with Crippen LogP contribution in [0.1, 0.15) is 41.6 Å². The van der Waals surface area contributed by atoms with Gasteiger partial charge < -0.3 is 9.67 Å². The molecule has 0 amide bonds. The predicted molar refractivity (Wildman–Crippen MR) is 116 cm³/mol.